The highest BCUT2D eigenvalue weighted by atomic mass is 79.9. The number of carboxylic acids is 1. The Balaban J connectivity index is 1.89. The highest BCUT2D eigenvalue weighted by Gasteiger charge is 2.09. The zero-order chi connectivity index (χ0) is 15.2. The summed E-state index contributed by atoms with van der Waals surface area (Å²) in [5, 5.41) is 12.3. The third-order valence-electron chi connectivity index (χ3n) is 2.98. The number of hydrogen-bond acceptors (Lipinski definition) is 3. The van der Waals surface area contributed by atoms with Gasteiger partial charge in [0.2, 0.25) is 0 Å². The molecule has 0 saturated carbocycles. The fourth-order valence-corrected chi connectivity index (χ4v) is 2.42. The van der Waals surface area contributed by atoms with E-state index in [1.807, 2.05) is 25.1 Å². The Morgan fingerprint density at radius 3 is 2.76 bits per heavy atom. The van der Waals surface area contributed by atoms with Crippen molar-refractivity contribution in [2.24, 2.45) is 0 Å². The quantitative estimate of drug-likeness (QED) is 0.775. The van der Waals surface area contributed by atoms with Gasteiger partial charge in [-0.25, -0.2) is 4.79 Å². The molecule has 0 heterocycles. The van der Waals surface area contributed by atoms with Crippen LogP contribution < -0.4 is 10.1 Å². The van der Waals surface area contributed by atoms with Gasteiger partial charge in [-0.2, -0.15) is 0 Å². The number of hydrogen-bond donors (Lipinski definition) is 2. The predicted octanol–water partition coefficient (Wildman–Crippen LogP) is 3.95. The van der Waals surface area contributed by atoms with Gasteiger partial charge >= 0.3 is 5.97 Å². The van der Waals surface area contributed by atoms with Crippen molar-refractivity contribution in [3.05, 3.63) is 58.1 Å². The Morgan fingerprint density at radius 1 is 1.29 bits per heavy atom. The van der Waals surface area contributed by atoms with Crippen LogP contribution in [0.1, 0.15) is 15.9 Å². The zero-order valence-corrected chi connectivity index (χ0v) is 13.2. The number of benzene rings is 2. The second kappa shape index (κ2) is 7.13. The maximum absolute atomic E-state index is 11.1. The molecule has 2 aromatic carbocycles. The molecule has 0 amide bonds. The molecule has 0 aliphatic heterocycles. The van der Waals surface area contributed by atoms with E-state index in [2.05, 4.69) is 21.2 Å². The van der Waals surface area contributed by atoms with Crippen LogP contribution in [0.25, 0.3) is 0 Å². The van der Waals surface area contributed by atoms with Gasteiger partial charge < -0.3 is 15.2 Å². The Kier molecular flexibility index (Phi) is 5.22. The number of carbonyl (C=O) groups is 1. The SMILES string of the molecule is Cc1cc(Br)ccc1NCCOc1ccccc1C(=O)O. The number of para-hydroxylation sites is 1. The molecule has 0 atom stereocenters. The number of nitrogens with one attached hydrogen (secondary N) is 1. The first-order chi connectivity index (χ1) is 10.1. The molecule has 21 heavy (non-hydrogen) atoms. The summed E-state index contributed by atoms with van der Waals surface area (Å²) in [5.74, 6) is -0.596. The number of aromatic carboxylic acids is 1. The summed E-state index contributed by atoms with van der Waals surface area (Å²) in [7, 11) is 0. The summed E-state index contributed by atoms with van der Waals surface area (Å²) in [6.07, 6.45) is 0. The van der Waals surface area contributed by atoms with E-state index < -0.39 is 5.97 Å². The third-order valence-corrected chi connectivity index (χ3v) is 3.47. The molecule has 0 aliphatic carbocycles. The van der Waals surface area contributed by atoms with E-state index >= 15 is 0 Å². The van der Waals surface area contributed by atoms with E-state index in [9.17, 15) is 4.79 Å². The molecule has 0 saturated heterocycles. The van der Waals surface area contributed by atoms with Crippen LogP contribution in [-0.2, 0) is 0 Å². The summed E-state index contributed by atoms with van der Waals surface area (Å²) in [4.78, 5) is 11.1. The van der Waals surface area contributed by atoms with Crippen LogP contribution in [0.5, 0.6) is 5.75 Å². The average Bonchev–Trinajstić information content (AvgIpc) is 2.45. The standard InChI is InChI=1S/C16H16BrNO3/c1-11-10-12(17)6-7-14(11)18-8-9-21-15-5-3-2-4-13(15)16(19)20/h2-7,10,18H,8-9H2,1H3,(H,19,20). The Bertz CT molecular complexity index is 643. The van der Waals surface area contributed by atoms with Gasteiger partial charge in [-0.05, 0) is 42.8 Å². The number of aryl methyl sites for hydroxylation is 1. The molecule has 110 valence electrons. The summed E-state index contributed by atoms with van der Waals surface area (Å²) in [6.45, 7) is 3.00. The molecular weight excluding hydrogens is 334 g/mol. The van der Waals surface area contributed by atoms with E-state index in [0.29, 0.717) is 18.9 Å². The number of anilines is 1. The van der Waals surface area contributed by atoms with E-state index in [-0.39, 0.29) is 5.56 Å². The normalized spacial score (nSPS) is 10.2. The van der Waals surface area contributed by atoms with E-state index in [1.165, 1.54) is 6.07 Å². The van der Waals surface area contributed by atoms with Crippen molar-refractivity contribution in [1.29, 1.82) is 0 Å². The topological polar surface area (TPSA) is 58.6 Å². The second-order valence-corrected chi connectivity index (χ2v) is 5.45. The summed E-state index contributed by atoms with van der Waals surface area (Å²) in [6, 6.07) is 12.6. The van der Waals surface area contributed by atoms with Crippen LogP contribution in [-0.4, -0.2) is 24.2 Å². The highest BCUT2D eigenvalue weighted by Crippen LogP contribution is 2.20. The fourth-order valence-electron chi connectivity index (χ4n) is 1.94. The van der Waals surface area contributed by atoms with Gasteiger partial charge in [-0.3, -0.25) is 0 Å². The van der Waals surface area contributed by atoms with Crippen molar-refractivity contribution < 1.29 is 14.6 Å². The van der Waals surface area contributed by atoms with Gasteiger partial charge in [0.1, 0.15) is 17.9 Å². The second-order valence-electron chi connectivity index (χ2n) is 4.54. The minimum absolute atomic E-state index is 0.178. The molecule has 2 N–H and O–H groups in total. The van der Waals surface area contributed by atoms with Crippen LogP contribution >= 0.6 is 15.9 Å². The average molecular weight is 350 g/mol. The van der Waals surface area contributed by atoms with Crippen LogP contribution in [0.2, 0.25) is 0 Å². The van der Waals surface area contributed by atoms with Crippen LogP contribution in [0.3, 0.4) is 0 Å². The van der Waals surface area contributed by atoms with Gasteiger partial charge in [0, 0.05) is 16.7 Å². The van der Waals surface area contributed by atoms with E-state index in [4.69, 9.17) is 9.84 Å². The van der Waals surface area contributed by atoms with Crippen molar-refractivity contribution in [3.8, 4) is 5.75 Å². The smallest absolute Gasteiger partial charge is 0.339 e. The maximum atomic E-state index is 11.1. The molecular formula is C16H16BrNO3. The molecule has 0 fully saturated rings. The van der Waals surface area contributed by atoms with Crippen LogP contribution in [0.4, 0.5) is 5.69 Å². The molecule has 0 aliphatic rings. The lowest BCUT2D eigenvalue weighted by atomic mass is 10.2. The molecule has 0 unspecified atom stereocenters. The van der Waals surface area contributed by atoms with Crippen molar-refractivity contribution in [2.45, 2.75) is 6.92 Å². The maximum Gasteiger partial charge on any atom is 0.339 e. The minimum atomic E-state index is -0.984. The van der Waals surface area contributed by atoms with Gasteiger partial charge in [-0.1, -0.05) is 28.1 Å². The number of ether oxygens (including phenoxy) is 1. The van der Waals surface area contributed by atoms with Crippen molar-refractivity contribution in [3.63, 3.8) is 0 Å². The molecule has 4 nitrogen and oxygen atoms in total. The molecule has 0 aromatic heterocycles. The van der Waals surface area contributed by atoms with Crippen molar-refractivity contribution in [2.75, 3.05) is 18.5 Å². The van der Waals surface area contributed by atoms with E-state index in [0.717, 1.165) is 15.7 Å². The number of halogens is 1. The van der Waals surface area contributed by atoms with Crippen molar-refractivity contribution in [1.82, 2.24) is 0 Å². The first-order valence-electron chi connectivity index (χ1n) is 6.53. The molecule has 0 radical (unpaired) electrons. The Morgan fingerprint density at radius 2 is 2.05 bits per heavy atom. The first kappa shape index (κ1) is 15.4. The molecule has 0 bridgehead atoms. The Labute approximate surface area is 131 Å². The van der Waals surface area contributed by atoms with Gasteiger partial charge in [0.25, 0.3) is 0 Å². The lowest BCUT2D eigenvalue weighted by molar-refractivity contribution is 0.0692. The largest absolute Gasteiger partial charge is 0.491 e. The van der Waals surface area contributed by atoms with Gasteiger partial charge in [-0.15, -0.1) is 0 Å². The molecule has 2 aromatic rings. The highest BCUT2D eigenvalue weighted by molar-refractivity contribution is 9.10. The first-order valence-corrected chi connectivity index (χ1v) is 7.32. The zero-order valence-electron chi connectivity index (χ0n) is 11.6. The number of carboxylic acid groups (broad SMARTS) is 1. The summed E-state index contributed by atoms with van der Waals surface area (Å²) >= 11 is 3.42. The van der Waals surface area contributed by atoms with Gasteiger partial charge in [0.15, 0.2) is 0 Å². The lowest BCUT2D eigenvalue weighted by Crippen LogP contribution is -2.13. The lowest BCUT2D eigenvalue weighted by Gasteiger charge is -2.12. The van der Waals surface area contributed by atoms with Crippen LogP contribution in [0.15, 0.2) is 46.9 Å². The predicted molar refractivity (Wildman–Crippen MR) is 86.3 cm³/mol. The number of rotatable bonds is 6. The fraction of sp³-hybridized carbons (Fsp3) is 0.188. The molecule has 2 rings (SSSR count). The molecule has 5 heteroatoms. The monoisotopic (exact) mass is 349 g/mol. The minimum Gasteiger partial charge on any atom is -0.491 e. The third kappa shape index (κ3) is 4.23. The van der Waals surface area contributed by atoms with Crippen molar-refractivity contribution >= 4 is 27.6 Å². The molecule has 0 spiro atoms. The summed E-state index contributed by atoms with van der Waals surface area (Å²) in [5.41, 5.74) is 2.35. The Hall–Kier alpha value is -2.01. The van der Waals surface area contributed by atoms with E-state index in [1.54, 1.807) is 18.2 Å². The van der Waals surface area contributed by atoms with Gasteiger partial charge in [0.05, 0.1) is 0 Å². The van der Waals surface area contributed by atoms with Crippen LogP contribution in [0, 0.1) is 6.92 Å². The summed E-state index contributed by atoms with van der Waals surface area (Å²) < 4.78 is 6.57.